The molecular formula is C55H54N3OPt-. The summed E-state index contributed by atoms with van der Waals surface area (Å²) >= 11 is 0. The fraction of sp³-hybridized carbons (Fsp3) is 0.236. The second-order valence-electron chi connectivity index (χ2n) is 16.8. The number of aromatic nitrogens is 3. The number of aryl methyl sites for hydroxylation is 3. The van der Waals surface area contributed by atoms with Gasteiger partial charge in [-0.1, -0.05) is 138 Å². The molecule has 0 bridgehead atoms. The van der Waals surface area contributed by atoms with Gasteiger partial charge >= 0.3 is 0 Å². The van der Waals surface area contributed by atoms with Gasteiger partial charge < -0.3 is 5.11 Å². The van der Waals surface area contributed by atoms with E-state index in [2.05, 4.69) is 26.8 Å². The number of pyridine rings is 1. The minimum atomic E-state index is -2.63. The average Bonchev–Trinajstić information content (AvgIpc) is 3.67. The Hall–Kier alpha value is -5.57. The molecule has 8 rings (SSSR count). The molecule has 8 aromatic rings. The molecule has 0 aliphatic heterocycles. The van der Waals surface area contributed by atoms with Crippen LogP contribution in [0.4, 0.5) is 0 Å². The third kappa shape index (κ3) is 8.28. The second kappa shape index (κ2) is 16.8. The summed E-state index contributed by atoms with van der Waals surface area (Å²) in [7, 11) is 0. The van der Waals surface area contributed by atoms with Crippen LogP contribution in [0, 0.1) is 26.8 Å². The number of fused-ring (bicyclic) bond motifs is 1. The molecule has 0 amide bonds. The van der Waals surface area contributed by atoms with Crippen LogP contribution in [0.3, 0.4) is 0 Å². The Morgan fingerprint density at radius 3 is 2.12 bits per heavy atom. The number of phenolic OH excluding ortho intramolecular Hbond substituents is 1. The normalized spacial score (nSPS) is 14.7. The smallest absolute Gasteiger partial charge is 0.148 e. The summed E-state index contributed by atoms with van der Waals surface area (Å²) in [5.41, 5.74) is 9.38. The molecule has 0 spiro atoms. The number of hydrogen-bond donors (Lipinski definition) is 1. The van der Waals surface area contributed by atoms with Gasteiger partial charge in [0.05, 0.1) is 29.1 Å². The average molecular weight is 978 g/mol. The number of hydrogen-bond acceptors (Lipinski definition) is 3. The van der Waals surface area contributed by atoms with Crippen LogP contribution in [0.1, 0.15) is 107 Å². The summed E-state index contributed by atoms with van der Waals surface area (Å²) in [4.78, 5) is 9.99. The van der Waals surface area contributed by atoms with Crippen LogP contribution in [0.25, 0.3) is 72.7 Å². The van der Waals surface area contributed by atoms with E-state index in [9.17, 15) is 5.11 Å². The van der Waals surface area contributed by atoms with E-state index in [0.717, 1.165) is 11.1 Å². The molecular weight excluding hydrogens is 914 g/mol. The predicted molar refractivity (Wildman–Crippen MR) is 248 cm³/mol. The van der Waals surface area contributed by atoms with Gasteiger partial charge in [-0.05, 0) is 118 Å². The zero-order valence-corrected chi connectivity index (χ0v) is 37.6. The summed E-state index contributed by atoms with van der Waals surface area (Å²) in [5.74, 6) is -1.66. The molecule has 1 N–H and O–H groups in total. The van der Waals surface area contributed by atoms with E-state index >= 15 is 0 Å². The van der Waals surface area contributed by atoms with Crippen LogP contribution in [0.5, 0.6) is 5.75 Å². The fourth-order valence-corrected chi connectivity index (χ4v) is 7.57. The molecule has 5 heteroatoms. The Morgan fingerprint density at radius 2 is 1.43 bits per heavy atom. The molecule has 2 heterocycles. The number of aromatic hydroxyl groups is 1. The van der Waals surface area contributed by atoms with Crippen molar-refractivity contribution in [3.63, 3.8) is 0 Å². The van der Waals surface area contributed by atoms with Gasteiger partial charge in [0.2, 0.25) is 0 Å². The van der Waals surface area contributed by atoms with Crippen LogP contribution in [-0.4, -0.2) is 19.6 Å². The fourth-order valence-electron chi connectivity index (χ4n) is 7.57. The van der Waals surface area contributed by atoms with Gasteiger partial charge in [0.1, 0.15) is 11.6 Å². The van der Waals surface area contributed by atoms with E-state index in [0.29, 0.717) is 83.9 Å². The molecule has 0 saturated heterocycles. The minimum Gasteiger partial charge on any atom is -0.507 e. The molecule has 6 aromatic carbocycles. The number of para-hydroxylation sites is 1. The molecule has 0 fully saturated rings. The monoisotopic (exact) mass is 977 g/mol. The maximum absolute atomic E-state index is 11.8. The van der Waals surface area contributed by atoms with E-state index in [-0.39, 0.29) is 55.4 Å². The van der Waals surface area contributed by atoms with Crippen molar-refractivity contribution in [1.29, 1.82) is 0 Å². The maximum atomic E-state index is 11.8. The van der Waals surface area contributed by atoms with Gasteiger partial charge in [-0.25, -0.2) is 4.98 Å². The summed E-state index contributed by atoms with van der Waals surface area (Å²) in [6.45, 7) is 14.5. The van der Waals surface area contributed by atoms with Crippen molar-refractivity contribution in [2.24, 2.45) is 0 Å². The second-order valence-corrected chi connectivity index (χ2v) is 16.8. The molecule has 0 aliphatic rings. The topological polar surface area (TPSA) is 50.9 Å². The van der Waals surface area contributed by atoms with Crippen molar-refractivity contribution >= 4 is 11.0 Å². The first-order valence-electron chi connectivity index (χ1n) is 24.8. The Kier molecular flexibility index (Phi) is 8.78. The van der Waals surface area contributed by atoms with Gasteiger partial charge in [0, 0.05) is 39.8 Å². The zero-order chi connectivity index (χ0) is 50.4. The van der Waals surface area contributed by atoms with Gasteiger partial charge in [-0.2, -0.15) is 0 Å². The number of rotatable bonds is 8. The number of phenols is 1. The molecule has 2 aromatic heterocycles. The number of benzene rings is 6. The SMILES string of the molecule is [2H]c1c([2H])c([2H])c(-c2ccnc(-c3[c-]c(-c4cccc5c4nc(-c4cc(C)cc(C)c4O)n5-c4ccc(-c5cc(C([2H])(C)C)cc(C([2H])(C)C)c5)cc4C([2H])([2H])[2H])cc(C(C)(C)C)c3)c2)c([2H])c1[2H].[Pt]. The van der Waals surface area contributed by atoms with Crippen molar-refractivity contribution in [3.8, 4) is 67.5 Å². The first kappa shape index (κ1) is 31.3. The summed E-state index contributed by atoms with van der Waals surface area (Å²) in [5, 5.41) is 11.8. The molecule has 60 heavy (non-hydrogen) atoms. The Bertz CT molecular complexity index is 3320. The van der Waals surface area contributed by atoms with Crippen molar-refractivity contribution in [2.45, 2.75) is 86.4 Å². The molecule has 0 saturated carbocycles. The quantitative estimate of drug-likeness (QED) is 0.154. The molecule has 4 nitrogen and oxygen atoms in total. The van der Waals surface area contributed by atoms with Gasteiger partial charge in [-0.3, -0.25) is 9.55 Å². The van der Waals surface area contributed by atoms with Gasteiger partial charge in [0.25, 0.3) is 0 Å². The number of nitrogens with zero attached hydrogens (tertiary/aromatic N) is 3. The predicted octanol–water partition coefficient (Wildman–Crippen LogP) is 14.7. The minimum absolute atomic E-state index is 0. The third-order valence-electron chi connectivity index (χ3n) is 10.9. The van der Waals surface area contributed by atoms with Gasteiger partial charge in [0.15, 0.2) is 0 Å². The van der Waals surface area contributed by atoms with Crippen LogP contribution >= 0.6 is 0 Å². The molecule has 0 atom stereocenters. The van der Waals surface area contributed by atoms with Crippen molar-refractivity contribution in [3.05, 3.63) is 167 Å². The van der Waals surface area contributed by atoms with Gasteiger partial charge in [-0.15, -0.1) is 29.3 Å². The van der Waals surface area contributed by atoms with Crippen molar-refractivity contribution in [2.75, 3.05) is 0 Å². The summed E-state index contributed by atoms with van der Waals surface area (Å²) in [6.07, 6.45) is 1.55. The molecule has 0 unspecified atom stereocenters. The molecule has 306 valence electrons. The third-order valence-corrected chi connectivity index (χ3v) is 10.9. The molecule has 0 aliphatic carbocycles. The first-order valence-corrected chi connectivity index (χ1v) is 19.8. The summed E-state index contributed by atoms with van der Waals surface area (Å²) in [6, 6.07) is 29.2. The van der Waals surface area contributed by atoms with E-state index in [1.54, 1.807) is 69.6 Å². The number of imidazole rings is 1. The van der Waals surface area contributed by atoms with Crippen LogP contribution in [0.2, 0.25) is 0 Å². The largest absolute Gasteiger partial charge is 0.507 e. The zero-order valence-electron chi connectivity index (χ0n) is 45.3. The first-order chi connectivity index (χ1) is 32.0. The van der Waals surface area contributed by atoms with E-state index < -0.39 is 36.8 Å². The Morgan fingerprint density at radius 1 is 0.733 bits per heavy atom. The van der Waals surface area contributed by atoms with Crippen molar-refractivity contribution < 1.29 is 39.9 Å². The van der Waals surface area contributed by atoms with E-state index in [4.69, 9.17) is 23.7 Å². The van der Waals surface area contributed by atoms with Crippen LogP contribution < -0.4 is 0 Å². The van der Waals surface area contributed by atoms with Crippen molar-refractivity contribution in [1.82, 2.24) is 14.5 Å². The standard InChI is InChI=1S/C55H54N3O.Pt/c1-33(2)41-26-42(34(3)4)28-43(27-41)39-19-20-50(36(6)25-39)58-51-18-14-17-47(52(51)57-54(58)48-24-35(5)23-37(7)53(48)59)44-29-45(31-46(30-44)55(8,9)10)49-32-40(21-22-56-49)38-15-12-11-13-16-38;/h11-28,30-34,59H,1-10H3;/q-1;/i6D3,11D,12D,13D,15D,16D,33D,34D;. The van der Waals surface area contributed by atoms with Crippen LogP contribution in [-0.2, 0) is 26.5 Å². The van der Waals surface area contributed by atoms with E-state index in [1.807, 2.05) is 73.7 Å². The van der Waals surface area contributed by atoms with E-state index in [1.165, 1.54) is 0 Å². The summed E-state index contributed by atoms with van der Waals surface area (Å²) < 4.78 is 88.5. The Balaban J connectivity index is 0.00000722. The molecule has 0 radical (unpaired) electrons. The van der Waals surface area contributed by atoms with Crippen LogP contribution in [0.15, 0.2) is 127 Å². The maximum Gasteiger partial charge on any atom is 0.148 e. The Labute approximate surface area is 384 Å².